The number of aromatic nitrogens is 1. The van der Waals surface area contributed by atoms with Crippen LogP contribution in [0.1, 0.15) is 44.1 Å². The smallest absolute Gasteiger partial charge is 0.303 e. The Hall–Kier alpha value is -2.96. The zero-order valence-electron chi connectivity index (χ0n) is 15.0. The van der Waals surface area contributed by atoms with Crippen LogP contribution >= 0.6 is 0 Å². The van der Waals surface area contributed by atoms with Crippen molar-refractivity contribution in [2.24, 2.45) is 0 Å². The molecule has 0 radical (unpaired) electrons. The number of aliphatic carboxylic acids is 1. The molecular weight excluding hydrogens is 346 g/mol. The van der Waals surface area contributed by atoms with Crippen molar-refractivity contribution in [1.82, 2.24) is 15.6 Å². The Bertz CT molecular complexity index is 867. The highest BCUT2D eigenvalue weighted by Crippen LogP contribution is 2.30. The summed E-state index contributed by atoms with van der Waals surface area (Å²) in [7, 11) is 0. The fourth-order valence-electron chi connectivity index (χ4n) is 3.50. The van der Waals surface area contributed by atoms with Gasteiger partial charge in [-0.2, -0.15) is 0 Å². The summed E-state index contributed by atoms with van der Waals surface area (Å²) in [6.45, 7) is 0.415. The number of carboxylic acids is 1. The number of carbonyl (C=O) groups is 3. The van der Waals surface area contributed by atoms with E-state index < -0.39 is 11.5 Å². The van der Waals surface area contributed by atoms with Gasteiger partial charge >= 0.3 is 5.97 Å². The summed E-state index contributed by atoms with van der Waals surface area (Å²) >= 11 is 0. The first-order valence-corrected chi connectivity index (χ1v) is 9.09. The molecule has 142 valence electrons. The number of hydrogen-bond donors (Lipinski definition) is 3. The fraction of sp³-hybridized carbons (Fsp3) is 0.400. The molecule has 0 bridgehead atoms. The second kappa shape index (κ2) is 8.16. The summed E-state index contributed by atoms with van der Waals surface area (Å²) in [4.78, 5) is 39.0. The van der Waals surface area contributed by atoms with Crippen molar-refractivity contribution in [3.05, 3.63) is 42.1 Å². The van der Waals surface area contributed by atoms with Gasteiger partial charge in [-0.15, -0.1) is 0 Å². The van der Waals surface area contributed by atoms with Crippen molar-refractivity contribution >= 4 is 28.7 Å². The Kier molecular flexibility index (Phi) is 5.69. The van der Waals surface area contributed by atoms with E-state index in [1.54, 1.807) is 6.20 Å². The molecule has 1 fully saturated rings. The molecule has 0 spiro atoms. The van der Waals surface area contributed by atoms with Gasteiger partial charge in [0.05, 0.1) is 5.52 Å². The molecular formula is C20H23N3O4. The number of fused-ring (bicyclic) bond motifs is 1. The lowest BCUT2D eigenvalue weighted by atomic mass is 9.86. The van der Waals surface area contributed by atoms with Crippen molar-refractivity contribution in [3.8, 4) is 0 Å². The molecule has 0 saturated carbocycles. The molecule has 1 unspecified atom stereocenters. The average molecular weight is 369 g/mol. The number of amides is 2. The molecule has 3 N–H and O–H groups in total. The number of nitrogens with one attached hydrogen (secondary N) is 2. The zero-order valence-corrected chi connectivity index (χ0v) is 15.0. The molecule has 3 rings (SSSR count). The van der Waals surface area contributed by atoms with Gasteiger partial charge in [-0.3, -0.25) is 19.4 Å². The largest absolute Gasteiger partial charge is 0.481 e. The third kappa shape index (κ3) is 5.03. The quantitative estimate of drug-likeness (QED) is 0.661. The van der Waals surface area contributed by atoms with Gasteiger partial charge in [0, 0.05) is 42.9 Å². The number of benzene rings is 1. The van der Waals surface area contributed by atoms with Gasteiger partial charge in [-0.1, -0.05) is 12.1 Å². The molecule has 1 aromatic heterocycles. The molecule has 7 heteroatoms. The monoisotopic (exact) mass is 369 g/mol. The fourth-order valence-corrected chi connectivity index (χ4v) is 3.50. The van der Waals surface area contributed by atoms with E-state index >= 15 is 0 Å². The van der Waals surface area contributed by atoms with Crippen LogP contribution in [0.15, 0.2) is 36.5 Å². The number of carbonyl (C=O) groups excluding carboxylic acids is 2. The molecule has 2 amide bonds. The van der Waals surface area contributed by atoms with Crippen molar-refractivity contribution in [1.29, 1.82) is 0 Å². The van der Waals surface area contributed by atoms with Crippen LogP contribution in [0.25, 0.3) is 10.9 Å². The van der Waals surface area contributed by atoms with Gasteiger partial charge < -0.3 is 15.7 Å². The Balaban J connectivity index is 1.53. The molecule has 27 heavy (non-hydrogen) atoms. The van der Waals surface area contributed by atoms with Crippen molar-refractivity contribution in [3.63, 3.8) is 0 Å². The summed E-state index contributed by atoms with van der Waals surface area (Å²) in [5.74, 6) is -1.09. The second-order valence-electron chi connectivity index (χ2n) is 7.03. The van der Waals surface area contributed by atoms with E-state index in [2.05, 4.69) is 15.6 Å². The van der Waals surface area contributed by atoms with Crippen LogP contribution < -0.4 is 10.6 Å². The van der Waals surface area contributed by atoms with E-state index in [-0.39, 0.29) is 24.7 Å². The maximum absolute atomic E-state index is 12.2. The topological polar surface area (TPSA) is 108 Å². The first kappa shape index (κ1) is 18.8. The summed E-state index contributed by atoms with van der Waals surface area (Å²) < 4.78 is 0. The predicted molar refractivity (Wildman–Crippen MR) is 99.8 cm³/mol. The van der Waals surface area contributed by atoms with E-state index in [9.17, 15) is 14.4 Å². The maximum Gasteiger partial charge on any atom is 0.303 e. The van der Waals surface area contributed by atoms with Gasteiger partial charge in [-0.05, 0) is 43.0 Å². The molecule has 1 aromatic carbocycles. The highest BCUT2D eigenvalue weighted by atomic mass is 16.4. The van der Waals surface area contributed by atoms with Gasteiger partial charge in [0.25, 0.3) is 0 Å². The lowest BCUT2D eigenvalue weighted by Crippen LogP contribution is -2.43. The first-order chi connectivity index (χ1) is 13.0. The summed E-state index contributed by atoms with van der Waals surface area (Å²) in [6, 6.07) is 9.70. The van der Waals surface area contributed by atoms with Crippen LogP contribution in [-0.2, 0) is 20.9 Å². The van der Waals surface area contributed by atoms with Crippen molar-refractivity contribution in [2.45, 2.75) is 50.6 Å². The molecule has 1 aliphatic rings. The Morgan fingerprint density at radius 2 is 2.04 bits per heavy atom. The van der Waals surface area contributed by atoms with Gasteiger partial charge in [-0.25, -0.2) is 0 Å². The Labute approximate surface area is 157 Å². The lowest BCUT2D eigenvalue weighted by molar-refractivity contribution is -0.137. The van der Waals surface area contributed by atoms with Crippen LogP contribution in [0, 0.1) is 0 Å². The minimum Gasteiger partial charge on any atom is -0.481 e. The third-order valence-corrected chi connectivity index (χ3v) is 5.04. The Morgan fingerprint density at radius 3 is 2.78 bits per heavy atom. The number of pyridine rings is 1. The molecule has 1 aliphatic heterocycles. The van der Waals surface area contributed by atoms with Crippen LogP contribution in [0.3, 0.4) is 0 Å². The minimum atomic E-state index is -0.897. The lowest BCUT2D eigenvalue weighted by Gasteiger charge is -2.28. The van der Waals surface area contributed by atoms with E-state index in [0.717, 1.165) is 16.5 Å². The van der Waals surface area contributed by atoms with Gasteiger partial charge in [0.15, 0.2) is 0 Å². The highest BCUT2D eigenvalue weighted by Gasteiger charge is 2.37. The van der Waals surface area contributed by atoms with Crippen molar-refractivity contribution in [2.75, 3.05) is 0 Å². The molecule has 0 aliphatic carbocycles. The van der Waals surface area contributed by atoms with E-state index in [4.69, 9.17) is 5.11 Å². The normalized spacial score (nSPS) is 19.0. The van der Waals surface area contributed by atoms with E-state index in [1.807, 2.05) is 30.3 Å². The van der Waals surface area contributed by atoms with Gasteiger partial charge in [0.1, 0.15) is 0 Å². The van der Waals surface area contributed by atoms with E-state index in [0.29, 0.717) is 32.2 Å². The SMILES string of the molecule is O=C(O)CCC1(CCC(=O)NCc2ccc3ncccc3c2)CCC(=O)N1. The molecule has 1 saturated heterocycles. The molecule has 7 nitrogen and oxygen atoms in total. The maximum atomic E-state index is 12.2. The third-order valence-electron chi connectivity index (χ3n) is 5.04. The summed E-state index contributed by atoms with van der Waals surface area (Å²) in [5, 5.41) is 15.7. The highest BCUT2D eigenvalue weighted by molar-refractivity contribution is 5.81. The van der Waals surface area contributed by atoms with Crippen LogP contribution in [0.4, 0.5) is 0 Å². The predicted octanol–water partition coefficient (Wildman–Crippen LogP) is 2.14. The van der Waals surface area contributed by atoms with Crippen LogP contribution in [0.5, 0.6) is 0 Å². The summed E-state index contributed by atoms with van der Waals surface area (Å²) in [6.07, 6.45) is 3.71. The Morgan fingerprint density at radius 1 is 1.22 bits per heavy atom. The van der Waals surface area contributed by atoms with E-state index in [1.165, 1.54) is 0 Å². The standard InChI is InChI=1S/C20H23N3O4/c24-17(5-8-20(10-7-19(26)27)9-6-18(25)23-20)22-13-14-3-4-16-15(12-14)2-1-11-21-16/h1-4,11-12H,5-10,13H2,(H,22,24)(H,23,25)(H,26,27). The number of hydrogen-bond acceptors (Lipinski definition) is 4. The van der Waals surface area contributed by atoms with Crippen molar-refractivity contribution < 1.29 is 19.5 Å². The number of rotatable bonds is 8. The summed E-state index contributed by atoms with van der Waals surface area (Å²) in [5.41, 5.74) is 1.31. The molecule has 2 aromatic rings. The number of carboxylic acid groups (broad SMARTS) is 1. The average Bonchev–Trinajstić information content (AvgIpc) is 3.04. The number of nitrogens with zero attached hydrogens (tertiary/aromatic N) is 1. The van der Waals surface area contributed by atoms with Crippen LogP contribution in [-0.4, -0.2) is 33.4 Å². The zero-order chi connectivity index (χ0) is 19.3. The molecule has 1 atom stereocenters. The van der Waals surface area contributed by atoms with Crippen LogP contribution in [0.2, 0.25) is 0 Å². The van der Waals surface area contributed by atoms with Gasteiger partial charge in [0.2, 0.25) is 11.8 Å². The molecule has 2 heterocycles. The first-order valence-electron chi connectivity index (χ1n) is 9.09. The second-order valence-corrected chi connectivity index (χ2v) is 7.03. The minimum absolute atomic E-state index is 0.0208.